The largest absolute Gasteiger partial charge is 0.345 e. The number of aromatic amines is 1. The zero-order chi connectivity index (χ0) is 10.7. The van der Waals surface area contributed by atoms with Crippen LogP contribution in [0.25, 0.3) is 21.5 Å². The monoisotopic (exact) mass is 201 g/mol. The molecule has 0 unspecified atom stereocenters. The Morgan fingerprint density at radius 3 is 3.33 bits per heavy atom. The summed E-state index contributed by atoms with van der Waals surface area (Å²) in [5, 5.41) is 3.98. The van der Waals surface area contributed by atoms with Gasteiger partial charge in [-0.3, -0.25) is 4.79 Å². The van der Waals surface area contributed by atoms with E-state index in [1.54, 1.807) is 24.5 Å². The summed E-state index contributed by atoms with van der Waals surface area (Å²) in [5.41, 5.74) is 9.27. The second-order valence-corrected chi connectivity index (χ2v) is 2.91. The average molecular weight is 201 g/mol. The molecule has 2 rings (SSSR count). The van der Waals surface area contributed by atoms with Gasteiger partial charge in [0.1, 0.15) is 5.65 Å². The molecule has 15 heavy (non-hydrogen) atoms. The van der Waals surface area contributed by atoms with Crippen molar-refractivity contribution in [2.45, 2.75) is 0 Å². The highest BCUT2D eigenvalue weighted by Gasteiger charge is 2.10. The molecule has 0 spiro atoms. The van der Waals surface area contributed by atoms with Crippen molar-refractivity contribution in [3.8, 4) is 0 Å². The highest BCUT2D eigenvalue weighted by atomic mass is 16.1. The molecule has 0 amide bonds. The van der Waals surface area contributed by atoms with Crippen LogP contribution in [0.1, 0.15) is 10.4 Å². The Bertz CT molecular complexity index is 552. The first-order valence-electron chi connectivity index (χ1n) is 4.29. The molecule has 0 atom stereocenters. The van der Waals surface area contributed by atoms with Crippen molar-refractivity contribution >= 4 is 16.8 Å². The Labute approximate surface area is 84.6 Å². The molecule has 0 aliphatic carbocycles. The number of rotatable bonds is 3. The van der Waals surface area contributed by atoms with Crippen LogP contribution in [0.4, 0.5) is 0 Å². The molecule has 0 saturated heterocycles. The number of nitrogens with zero attached hydrogens (tertiary/aromatic N) is 4. The SMILES string of the molecule is [N-]=[N+]=NCC(=O)c1c[nH]c2ncccc12. The van der Waals surface area contributed by atoms with Crippen LogP contribution in [0.15, 0.2) is 29.6 Å². The third-order valence-corrected chi connectivity index (χ3v) is 2.03. The number of nitrogens with one attached hydrogen (secondary N) is 1. The van der Waals surface area contributed by atoms with Crippen LogP contribution in [0.2, 0.25) is 0 Å². The smallest absolute Gasteiger partial charge is 0.170 e. The molecule has 0 aliphatic rings. The highest BCUT2D eigenvalue weighted by Crippen LogP contribution is 2.15. The molecule has 2 aromatic heterocycles. The first kappa shape index (κ1) is 9.23. The number of hydrogen-bond acceptors (Lipinski definition) is 3. The summed E-state index contributed by atoms with van der Waals surface area (Å²) in [4.78, 5) is 21.0. The first-order chi connectivity index (χ1) is 7.33. The Morgan fingerprint density at radius 2 is 2.53 bits per heavy atom. The third kappa shape index (κ3) is 1.66. The number of fused-ring (bicyclic) bond motifs is 1. The fourth-order valence-electron chi connectivity index (χ4n) is 1.37. The lowest BCUT2D eigenvalue weighted by Crippen LogP contribution is -2.01. The van der Waals surface area contributed by atoms with E-state index in [2.05, 4.69) is 20.0 Å². The fourth-order valence-corrected chi connectivity index (χ4v) is 1.37. The molecular formula is C9H7N5O. The molecule has 0 bridgehead atoms. The lowest BCUT2D eigenvalue weighted by molar-refractivity contribution is 0.100. The molecule has 0 fully saturated rings. The van der Waals surface area contributed by atoms with Crippen LogP contribution >= 0.6 is 0 Å². The van der Waals surface area contributed by atoms with Crippen LogP contribution in [0.3, 0.4) is 0 Å². The van der Waals surface area contributed by atoms with Gasteiger partial charge in [0.15, 0.2) is 5.78 Å². The van der Waals surface area contributed by atoms with Crippen LogP contribution in [-0.4, -0.2) is 22.3 Å². The van der Waals surface area contributed by atoms with Gasteiger partial charge in [0.2, 0.25) is 0 Å². The molecule has 0 aliphatic heterocycles. The van der Waals surface area contributed by atoms with Gasteiger partial charge in [-0.1, -0.05) is 5.11 Å². The summed E-state index contributed by atoms with van der Waals surface area (Å²) in [6, 6.07) is 3.54. The average Bonchev–Trinajstić information content (AvgIpc) is 2.69. The first-order valence-corrected chi connectivity index (χ1v) is 4.29. The van der Waals surface area contributed by atoms with E-state index < -0.39 is 0 Å². The van der Waals surface area contributed by atoms with Gasteiger partial charge in [0, 0.05) is 28.3 Å². The van der Waals surface area contributed by atoms with Gasteiger partial charge in [0.25, 0.3) is 0 Å². The zero-order valence-electron chi connectivity index (χ0n) is 7.71. The topological polar surface area (TPSA) is 94.5 Å². The van der Waals surface area contributed by atoms with E-state index in [9.17, 15) is 4.79 Å². The van der Waals surface area contributed by atoms with Gasteiger partial charge in [-0.25, -0.2) is 4.98 Å². The second kappa shape index (κ2) is 3.81. The number of H-pyrrole nitrogens is 1. The number of Topliss-reactive ketones (excluding diaryl/α,β-unsaturated/α-hetero) is 1. The molecule has 2 aromatic rings. The lowest BCUT2D eigenvalue weighted by Gasteiger charge is -1.93. The fraction of sp³-hybridized carbons (Fsp3) is 0.111. The Hall–Kier alpha value is -2.33. The van der Waals surface area contributed by atoms with Crippen molar-refractivity contribution in [3.05, 3.63) is 40.5 Å². The number of aromatic nitrogens is 2. The van der Waals surface area contributed by atoms with Crippen molar-refractivity contribution < 1.29 is 4.79 Å². The van der Waals surface area contributed by atoms with Gasteiger partial charge in [-0.15, -0.1) is 0 Å². The standard InChI is InChI=1S/C9H7N5O/c10-14-13-5-8(15)7-4-12-9-6(7)2-1-3-11-9/h1-4H,5H2,(H,11,12). The van der Waals surface area contributed by atoms with Crippen molar-refractivity contribution in [2.75, 3.05) is 6.54 Å². The van der Waals surface area contributed by atoms with Crippen molar-refractivity contribution in [3.63, 3.8) is 0 Å². The van der Waals surface area contributed by atoms with Crippen molar-refractivity contribution in [1.82, 2.24) is 9.97 Å². The summed E-state index contributed by atoms with van der Waals surface area (Å²) in [6.45, 7) is -0.168. The molecule has 1 N–H and O–H groups in total. The molecule has 0 aromatic carbocycles. The minimum absolute atomic E-state index is 0.168. The summed E-state index contributed by atoms with van der Waals surface area (Å²) >= 11 is 0. The summed E-state index contributed by atoms with van der Waals surface area (Å²) in [7, 11) is 0. The van der Waals surface area contributed by atoms with E-state index in [1.165, 1.54) is 0 Å². The zero-order valence-corrected chi connectivity index (χ0v) is 7.71. The summed E-state index contributed by atoms with van der Waals surface area (Å²) < 4.78 is 0. The second-order valence-electron chi connectivity index (χ2n) is 2.91. The molecule has 6 heteroatoms. The molecule has 6 nitrogen and oxygen atoms in total. The van der Waals surface area contributed by atoms with Gasteiger partial charge in [-0.2, -0.15) is 0 Å². The number of hydrogen-bond donors (Lipinski definition) is 1. The van der Waals surface area contributed by atoms with E-state index in [1.807, 2.05) is 0 Å². The minimum Gasteiger partial charge on any atom is -0.345 e. The molecule has 2 heterocycles. The molecular weight excluding hydrogens is 194 g/mol. The minimum atomic E-state index is -0.216. The van der Waals surface area contributed by atoms with Gasteiger partial charge in [0.05, 0.1) is 6.54 Å². The lowest BCUT2D eigenvalue weighted by atomic mass is 10.1. The van der Waals surface area contributed by atoms with Crippen LogP contribution in [-0.2, 0) is 0 Å². The van der Waals surface area contributed by atoms with Crippen LogP contribution < -0.4 is 0 Å². The number of ketones is 1. The van der Waals surface area contributed by atoms with Crippen LogP contribution in [0, 0.1) is 0 Å². The normalized spacial score (nSPS) is 9.87. The quantitative estimate of drug-likeness (QED) is 0.356. The van der Waals surface area contributed by atoms with E-state index in [0.29, 0.717) is 11.2 Å². The Kier molecular flexibility index (Phi) is 2.35. The van der Waals surface area contributed by atoms with E-state index in [4.69, 9.17) is 5.53 Å². The predicted molar refractivity (Wildman–Crippen MR) is 54.4 cm³/mol. The van der Waals surface area contributed by atoms with E-state index in [0.717, 1.165) is 5.39 Å². The van der Waals surface area contributed by atoms with Crippen molar-refractivity contribution in [2.24, 2.45) is 5.11 Å². The Balaban J connectivity index is 2.43. The number of azide groups is 1. The highest BCUT2D eigenvalue weighted by molar-refractivity contribution is 6.08. The molecule has 0 radical (unpaired) electrons. The van der Waals surface area contributed by atoms with Gasteiger partial charge < -0.3 is 4.98 Å². The maximum absolute atomic E-state index is 11.6. The Morgan fingerprint density at radius 1 is 1.67 bits per heavy atom. The van der Waals surface area contributed by atoms with Crippen LogP contribution in [0.5, 0.6) is 0 Å². The van der Waals surface area contributed by atoms with Gasteiger partial charge >= 0.3 is 0 Å². The predicted octanol–water partition coefficient (Wildman–Crippen LogP) is 2.06. The number of pyridine rings is 1. The number of carbonyl (C=O) groups excluding carboxylic acids is 1. The maximum Gasteiger partial charge on any atom is 0.170 e. The van der Waals surface area contributed by atoms with Crippen molar-refractivity contribution in [1.29, 1.82) is 0 Å². The maximum atomic E-state index is 11.6. The van der Waals surface area contributed by atoms with E-state index >= 15 is 0 Å². The number of carbonyl (C=O) groups is 1. The summed E-state index contributed by atoms with van der Waals surface area (Å²) in [5.74, 6) is -0.216. The van der Waals surface area contributed by atoms with Gasteiger partial charge in [-0.05, 0) is 17.7 Å². The van der Waals surface area contributed by atoms with E-state index in [-0.39, 0.29) is 12.3 Å². The molecule has 74 valence electrons. The third-order valence-electron chi connectivity index (χ3n) is 2.03. The summed E-state index contributed by atoms with van der Waals surface area (Å²) in [6.07, 6.45) is 3.22. The molecule has 0 saturated carbocycles.